The predicted molar refractivity (Wildman–Crippen MR) is 57.4 cm³/mol. The first-order chi connectivity index (χ1) is 8.45. The van der Waals surface area contributed by atoms with Crippen LogP contribution in [-0.4, -0.2) is 38.6 Å². The smallest absolute Gasteiger partial charge is 0.330 e. The zero-order valence-electron chi connectivity index (χ0n) is 9.54. The maximum absolute atomic E-state index is 13.1. The van der Waals surface area contributed by atoms with E-state index >= 15 is 0 Å². The van der Waals surface area contributed by atoms with Gasteiger partial charge in [0.1, 0.15) is 6.10 Å². The molecular formula is C10H13FN2O5. The Hall–Kier alpha value is -1.51. The number of aromatic amines is 1. The van der Waals surface area contributed by atoms with Crippen molar-refractivity contribution >= 4 is 0 Å². The number of halogens is 1. The van der Waals surface area contributed by atoms with Gasteiger partial charge in [0, 0.05) is 5.92 Å². The first-order valence-corrected chi connectivity index (χ1v) is 5.41. The molecule has 100 valence electrons. The minimum absolute atomic E-state index is 0.324. The lowest BCUT2D eigenvalue weighted by atomic mass is 10.0. The van der Waals surface area contributed by atoms with Crippen LogP contribution in [0.3, 0.4) is 0 Å². The minimum atomic E-state index is -1.15. The third-order valence-corrected chi connectivity index (χ3v) is 3.11. The van der Waals surface area contributed by atoms with Crippen LogP contribution in [0.5, 0.6) is 0 Å². The predicted octanol–water partition coefficient (Wildman–Crippen LogP) is -1.44. The highest BCUT2D eigenvalue weighted by molar-refractivity contribution is 4.93. The third kappa shape index (κ3) is 1.98. The highest BCUT2D eigenvalue weighted by Gasteiger charge is 2.42. The van der Waals surface area contributed by atoms with Crippen LogP contribution in [0.2, 0.25) is 0 Å². The molecule has 4 unspecified atom stereocenters. The molecule has 18 heavy (non-hydrogen) atoms. The molecular weight excluding hydrogens is 247 g/mol. The quantitative estimate of drug-likeness (QED) is 0.604. The van der Waals surface area contributed by atoms with E-state index in [4.69, 9.17) is 9.84 Å². The van der Waals surface area contributed by atoms with E-state index in [0.29, 0.717) is 6.20 Å². The molecule has 1 aromatic heterocycles. The fraction of sp³-hybridized carbons (Fsp3) is 0.600. The second-order valence-electron chi connectivity index (χ2n) is 4.24. The minimum Gasteiger partial charge on any atom is -0.394 e. The molecule has 0 bridgehead atoms. The fourth-order valence-electron chi connectivity index (χ4n) is 1.95. The van der Waals surface area contributed by atoms with Crippen LogP contribution in [0.1, 0.15) is 13.2 Å². The van der Waals surface area contributed by atoms with Crippen LogP contribution in [-0.2, 0) is 4.74 Å². The van der Waals surface area contributed by atoms with Crippen LogP contribution < -0.4 is 11.2 Å². The number of nitrogens with one attached hydrogen (secondary N) is 1. The Labute approximate surface area is 100 Å². The summed E-state index contributed by atoms with van der Waals surface area (Å²) in [5, 5.41) is 18.9. The molecule has 1 fully saturated rings. The molecule has 1 aromatic rings. The number of ether oxygens (including phenoxy) is 1. The standard InChI is InChI=1S/C10H13FN2O5/c1-4-6(3-14)18-9(7(4)15)13-2-5(11)8(16)12-10(13)17/h2,4,6-7,9,14-15H,3H2,1H3,(H,12,16,17). The summed E-state index contributed by atoms with van der Waals surface area (Å²) in [5.41, 5.74) is -2.01. The van der Waals surface area contributed by atoms with Crippen molar-refractivity contribution in [2.24, 2.45) is 5.92 Å². The van der Waals surface area contributed by atoms with Gasteiger partial charge >= 0.3 is 5.69 Å². The molecule has 0 aliphatic carbocycles. The number of rotatable bonds is 2. The SMILES string of the molecule is CC1C(CO)OC(n2cc(F)c(=O)[nH]c2=O)C1O. The van der Waals surface area contributed by atoms with Crippen LogP contribution in [0, 0.1) is 11.7 Å². The van der Waals surface area contributed by atoms with Crippen LogP contribution in [0.15, 0.2) is 15.8 Å². The molecule has 0 radical (unpaired) electrons. The third-order valence-electron chi connectivity index (χ3n) is 3.11. The number of H-pyrrole nitrogens is 1. The molecule has 3 N–H and O–H groups in total. The van der Waals surface area contributed by atoms with Gasteiger partial charge in [-0.15, -0.1) is 0 Å². The van der Waals surface area contributed by atoms with Crippen molar-refractivity contribution in [3.05, 3.63) is 32.9 Å². The molecule has 0 spiro atoms. The van der Waals surface area contributed by atoms with E-state index in [1.54, 1.807) is 11.9 Å². The first-order valence-electron chi connectivity index (χ1n) is 5.41. The summed E-state index contributed by atoms with van der Waals surface area (Å²) in [6.07, 6.45) is -2.17. The zero-order valence-corrected chi connectivity index (χ0v) is 9.54. The highest BCUT2D eigenvalue weighted by atomic mass is 19.1. The number of hydrogen-bond donors (Lipinski definition) is 3. The summed E-state index contributed by atoms with van der Waals surface area (Å²) in [4.78, 5) is 24.2. The molecule has 0 saturated carbocycles. The van der Waals surface area contributed by atoms with E-state index in [9.17, 15) is 19.1 Å². The normalized spacial score (nSPS) is 31.8. The first kappa shape index (κ1) is 12.9. The van der Waals surface area contributed by atoms with Gasteiger partial charge in [-0.3, -0.25) is 14.3 Å². The maximum Gasteiger partial charge on any atom is 0.330 e. The van der Waals surface area contributed by atoms with E-state index in [2.05, 4.69) is 0 Å². The van der Waals surface area contributed by atoms with Crippen molar-refractivity contribution in [2.75, 3.05) is 6.61 Å². The van der Waals surface area contributed by atoms with E-state index in [1.807, 2.05) is 0 Å². The van der Waals surface area contributed by atoms with Gasteiger partial charge in [-0.1, -0.05) is 6.92 Å². The van der Waals surface area contributed by atoms with Crippen molar-refractivity contribution in [3.8, 4) is 0 Å². The molecule has 7 nitrogen and oxygen atoms in total. The fourth-order valence-corrected chi connectivity index (χ4v) is 1.95. The highest BCUT2D eigenvalue weighted by Crippen LogP contribution is 2.32. The van der Waals surface area contributed by atoms with E-state index < -0.39 is 41.4 Å². The number of aliphatic hydroxyl groups is 2. The molecule has 0 amide bonds. The van der Waals surface area contributed by atoms with Crippen molar-refractivity contribution in [1.82, 2.24) is 9.55 Å². The molecule has 2 rings (SSSR count). The number of aliphatic hydroxyl groups excluding tert-OH is 2. The molecule has 2 heterocycles. The number of aromatic nitrogens is 2. The summed E-state index contributed by atoms with van der Waals surface area (Å²) >= 11 is 0. The summed E-state index contributed by atoms with van der Waals surface area (Å²) in [5.74, 6) is -1.56. The lowest BCUT2D eigenvalue weighted by Crippen LogP contribution is -2.37. The topological polar surface area (TPSA) is 105 Å². The monoisotopic (exact) mass is 260 g/mol. The van der Waals surface area contributed by atoms with Gasteiger partial charge < -0.3 is 14.9 Å². The Kier molecular flexibility index (Phi) is 3.33. The van der Waals surface area contributed by atoms with Crippen LogP contribution in [0.4, 0.5) is 4.39 Å². The van der Waals surface area contributed by atoms with Gasteiger partial charge in [0.15, 0.2) is 6.23 Å². The maximum atomic E-state index is 13.1. The van der Waals surface area contributed by atoms with Gasteiger partial charge in [-0.2, -0.15) is 4.39 Å². The van der Waals surface area contributed by atoms with Crippen LogP contribution >= 0.6 is 0 Å². The Bertz CT molecular complexity index is 554. The van der Waals surface area contributed by atoms with E-state index in [1.165, 1.54) is 0 Å². The largest absolute Gasteiger partial charge is 0.394 e. The summed E-state index contributed by atoms with van der Waals surface area (Å²) in [6.45, 7) is 1.31. The zero-order chi connectivity index (χ0) is 13.4. The van der Waals surface area contributed by atoms with Gasteiger partial charge in [0.25, 0.3) is 5.56 Å². The molecule has 4 atom stereocenters. The summed E-state index contributed by atoms with van der Waals surface area (Å²) in [6, 6.07) is 0. The molecule has 1 aliphatic heterocycles. The Morgan fingerprint density at radius 3 is 2.78 bits per heavy atom. The van der Waals surface area contributed by atoms with Gasteiger partial charge in [0.2, 0.25) is 5.82 Å². The van der Waals surface area contributed by atoms with Gasteiger partial charge in [-0.05, 0) is 0 Å². The summed E-state index contributed by atoms with van der Waals surface area (Å²) in [7, 11) is 0. The number of nitrogens with zero attached hydrogens (tertiary/aromatic N) is 1. The molecule has 1 saturated heterocycles. The Morgan fingerprint density at radius 2 is 2.22 bits per heavy atom. The Balaban J connectivity index is 2.42. The van der Waals surface area contributed by atoms with Crippen molar-refractivity contribution in [3.63, 3.8) is 0 Å². The number of hydrogen-bond acceptors (Lipinski definition) is 5. The lowest BCUT2D eigenvalue weighted by Gasteiger charge is -2.17. The van der Waals surface area contributed by atoms with Crippen molar-refractivity contribution in [2.45, 2.75) is 25.4 Å². The average Bonchev–Trinajstić information content (AvgIpc) is 2.61. The molecule has 1 aliphatic rings. The lowest BCUT2D eigenvalue weighted by molar-refractivity contribution is -0.0539. The molecule has 0 aromatic carbocycles. The Morgan fingerprint density at radius 1 is 1.56 bits per heavy atom. The second kappa shape index (κ2) is 4.63. The summed E-state index contributed by atoms with van der Waals surface area (Å²) < 4.78 is 19.2. The van der Waals surface area contributed by atoms with Gasteiger partial charge in [0.05, 0.1) is 18.9 Å². The molecule has 8 heteroatoms. The van der Waals surface area contributed by atoms with Crippen molar-refractivity contribution < 1.29 is 19.3 Å². The van der Waals surface area contributed by atoms with Gasteiger partial charge in [-0.25, -0.2) is 4.79 Å². The van der Waals surface area contributed by atoms with E-state index in [-0.39, 0.29) is 6.61 Å². The average molecular weight is 260 g/mol. The van der Waals surface area contributed by atoms with Crippen LogP contribution in [0.25, 0.3) is 0 Å². The van der Waals surface area contributed by atoms with E-state index in [0.717, 1.165) is 4.57 Å². The van der Waals surface area contributed by atoms with Crippen molar-refractivity contribution in [1.29, 1.82) is 0 Å². The second-order valence-corrected chi connectivity index (χ2v) is 4.24.